The van der Waals surface area contributed by atoms with Crippen molar-refractivity contribution in [2.45, 2.75) is 19.4 Å². The minimum absolute atomic E-state index is 0.135. The second-order valence-corrected chi connectivity index (χ2v) is 10.2. The minimum atomic E-state index is -0.889. The number of carbonyl (C=O) groups is 1. The van der Waals surface area contributed by atoms with E-state index in [-0.39, 0.29) is 24.4 Å². The highest BCUT2D eigenvalue weighted by atomic mass is 35.5. The fourth-order valence-corrected chi connectivity index (χ4v) is 5.20. The van der Waals surface area contributed by atoms with E-state index in [9.17, 15) is 14.4 Å². The van der Waals surface area contributed by atoms with Crippen molar-refractivity contribution in [1.29, 1.82) is 0 Å². The Bertz CT molecular complexity index is 1790. The summed E-state index contributed by atoms with van der Waals surface area (Å²) in [6, 6.07) is 21.8. The van der Waals surface area contributed by atoms with Gasteiger partial charge in [0.15, 0.2) is 11.5 Å². The largest absolute Gasteiger partial charge is 0.493 e. The van der Waals surface area contributed by atoms with Crippen LogP contribution in [0.25, 0.3) is 5.70 Å². The Morgan fingerprint density at radius 2 is 1.67 bits per heavy atom. The summed E-state index contributed by atoms with van der Waals surface area (Å²) < 4.78 is 19.7. The second kappa shape index (κ2) is 12.0. The summed E-state index contributed by atoms with van der Waals surface area (Å²) in [5, 5.41) is 3.86. The molecule has 0 saturated heterocycles. The molecule has 0 radical (unpaired) electrons. The van der Waals surface area contributed by atoms with Gasteiger partial charge in [-0.15, -0.1) is 0 Å². The van der Waals surface area contributed by atoms with Gasteiger partial charge in [0.05, 0.1) is 36.5 Å². The number of hydrogen-bond acceptors (Lipinski definition) is 7. The molecule has 4 aromatic rings. The van der Waals surface area contributed by atoms with E-state index < -0.39 is 23.1 Å². The van der Waals surface area contributed by atoms with Crippen LogP contribution in [0.15, 0.2) is 88.0 Å². The van der Waals surface area contributed by atoms with Gasteiger partial charge >= 0.3 is 11.7 Å². The average Bonchev–Trinajstić information content (AvgIpc) is 3.02. The monoisotopic (exact) mass is 587 g/mol. The number of methoxy groups -OCH3 is 1. The third-order valence-electron chi connectivity index (χ3n) is 7.18. The van der Waals surface area contributed by atoms with Gasteiger partial charge in [0, 0.05) is 19.1 Å². The van der Waals surface area contributed by atoms with Crippen molar-refractivity contribution < 1.29 is 19.0 Å². The van der Waals surface area contributed by atoms with Crippen molar-refractivity contribution in [3.05, 3.63) is 126 Å². The first-order chi connectivity index (χ1) is 20.2. The molecule has 0 amide bonds. The van der Waals surface area contributed by atoms with E-state index in [1.807, 2.05) is 42.5 Å². The van der Waals surface area contributed by atoms with Gasteiger partial charge in [0.2, 0.25) is 0 Å². The van der Waals surface area contributed by atoms with Gasteiger partial charge in [0.1, 0.15) is 12.4 Å². The predicted molar refractivity (Wildman–Crippen MR) is 161 cm³/mol. The van der Waals surface area contributed by atoms with E-state index in [4.69, 9.17) is 25.8 Å². The molecular formula is C32H30ClN3O6. The van der Waals surface area contributed by atoms with Crippen LogP contribution in [0.4, 0.5) is 5.82 Å². The number of halogens is 1. The van der Waals surface area contributed by atoms with E-state index >= 15 is 0 Å². The van der Waals surface area contributed by atoms with Crippen molar-refractivity contribution in [3.8, 4) is 11.5 Å². The van der Waals surface area contributed by atoms with Crippen LogP contribution in [0.3, 0.4) is 0 Å². The summed E-state index contributed by atoms with van der Waals surface area (Å²) in [5.41, 5.74) is 2.09. The van der Waals surface area contributed by atoms with Crippen LogP contribution in [0, 0.1) is 0 Å². The topological polar surface area (TPSA) is 101 Å². The van der Waals surface area contributed by atoms with Gasteiger partial charge in [-0.1, -0.05) is 60.1 Å². The van der Waals surface area contributed by atoms with Gasteiger partial charge in [-0.05, 0) is 47.9 Å². The average molecular weight is 588 g/mol. The molecule has 0 fully saturated rings. The van der Waals surface area contributed by atoms with Crippen LogP contribution < -0.4 is 26.0 Å². The Labute approximate surface area is 247 Å². The molecule has 0 aliphatic carbocycles. The third-order valence-corrected chi connectivity index (χ3v) is 7.43. The molecule has 3 aromatic carbocycles. The molecule has 42 heavy (non-hydrogen) atoms. The van der Waals surface area contributed by atoms with Crippen molar-refractivity contribution in [2.24, 2.45) is 14.1 Å². The number of nitrogens with zero attached hydrogens (tertiary/aromatic N) is 2. The molecule has 10 heteroatoms. The molecule has 0 saturated carbocycles. The summed E-state index contributed by atoms with van der Waals surface area (Å²) in [6.45, 7) is 2.13. The van der Waals surface area contributed by atoms with Gasteiger partial charge in [-0.3, -0.25) is 13.9 Å². The van der Waals surface area contributed by atoms with Crippen LogP contribution in [0.5, 0.6) is 11.5 Å². The molecule has 0 bridgehead atoms. The standard InChI is InChI=1S/C32H30ClN3O6/c1-5-41-31(38)26-25(21-13-16-23(24(17-21)40-4)42-18-19-11-14-22(33)15-12-19)27-29(35(2)32(39)36(3)30(27)37)34-28(26)20-9-7-6-8-10-20/h6-17,25,34H,5,18H2,1-4H3. The Morgan fingerprint density at radius 3 is 2.33 bits per heavy atom. The summed E-state index contributed by atoms with van der Waals surface area (Å²) in [4.78, 5) is 40.3. The second-order valence-electron chi connectivity index (χ2n) is 9.73. The van der Waals surface area contributed by atoms with E-state index in [2.05, 4.69) is 5.32 Å². The van der Waals surface area contributed by atoms with Gasteiger partial charge in [-0.2, -0.15) is 0 Å². The van der Waals surface area contributed by atoms with Crippen LogP contribution >= 0.6 is 11.6 Å². The van der Waals surface area contributed by atoms with E-state index in [0.717, 1.165) is 10.1 Å². The fourth-order valence-electron chi connectivity index (χ4n) is 5.08. The number of fused-ring (bicyclic) bond motifs is 1. The van der Waals surface area contributed by atoms with Crippen molar-refractivity contribution in [2.75, 3.05) is 19.0 Å². The number of anilines is 1. The van der Waals surface area contributed by atoms with Crippen molar-refractivity contribution >= 4 is 29.1 Å². The quantitative estimate of drug-likeness (QED) is 0.294. The van der Waals surface area contributed by atoms with Crippen LogP contribution in [0.1, 0.15) is 35.1 Å². The van der Waals surface area contributed by atoms with Crippen LogP contribution in [-0.2, 0) is 30.2 Å². The molecule has 1 aliphatic heterocycles. The maximum absolute atomic E-state index is 13.7. The lowest BCUT2D eigenvalue weighted by Crippen LogP contribution is -2.43. The minimum Gasteiger partial charge on any atom is -0.493 e. The zero-order valence-corrected chi connectivity index (χ0v) is 24.4. The molecule has 1 aromatic heterocycles. The first kappa shape index (κ1) is 28.8. The Balaban J connectivity index is 1.71. The van der Waals surface area contributed by atoms with Crippen molar-refractivity contribution in [3.63, 3.8) is 0 Å². The highest BCUT2D eigenvalue weighted by Crippen LogP contribution is 2.44. The highest BCUT2D eigenvalue weighted by Gasteiger charge is 2.39. The normalized spacial score (nSPS) is 14.2. The number of nitrogens with one attached hydrogen (secondary N) is 1. The summed E-state index contributed by atoms with van der Waals surface area (Å²) in [7, 11) is 4.51. The molecule has 0 spiro atoms. The highest BCUT2D eigenvalue weighted by molar-refractivity contribution is 6.30. The van der Waals surface area contributed by atoms with Gasteiger partial charge in [0.25, 0.3) is 5.56 Å². The number of rotatable bonds is 8. The first-order valence-electron chi connectivity index (χ1n) is 13.3. The lowest BCUT2D eigenvalue weighted by molar-refractivity contribution is -0.138. The molecule has 1 unspecified atom stereocenters. The number of hydrogen-bond donors (Lipinski definition) is 1. The molecule has 2 heterocycles. The lowest BCUT2D eigenvalue weighted by Gasteiger charge is -2.32. The molecular weight excluding hydrogens is 558 g/mol. The fraction of sp³-hybridized carbons (Fsp3) is 0.219. The van der Waals surface area contributed by atoms with E-state index in [1.165, 1.54) is 18.7 Å². The Morgan fingerprint density at radius 1 is 0.952 bits per heavy atom. The van der Waals surface area contributed by atoms with E-state index in [0.29, 0.717) is 39.2 Å². The zero-order chi connectivity index (χ0) is 30.0. The molecule has 9 nitrogen and oxygen atoms in total. The molecule has 5 rings (SSSR count). The first-order valence-corrected chi connectivity index (χ1v) is 13.7. The number of aromatic nitrogens is 2. The molecule has 1 N–H and O–H groups in total. The smallest absolute Gasteiger partial charge is 0.337 e. The van der Waals surface area contributed by atoms with Crippen LogP contribution in [-0.4, -0.2) is 28.8 Å². The number of benzene rings is 3. The summed E-state index contributed by atoms with van der Waals surface area (Å²) in [6.07, 6.45) is 0. The maximum Gasteiger partial charge on any atom is 0.337 e. The Kier molecular flexibility index (Phi) is 8.22. The van der Waals surface area contributed by atoms with E-state index in [1.54, 1.807) is 44.3 Å². The summed E-state index contributed by atoms with van der Waals surface area (Å²) in [5.74, 6) is -0.295. The number of esters is 1. The third kappa shape index (κ3) is 5.31. The SMILES string of the molecule is CCOC(=O)C1=C(c2ccccc2)Nc2c(c(=O)n(C)c(=O)n2C)C1c1ccc(OCc2ccc(Cl)cc2)c(OC)c1. The number of ether oxygens (including phenoxy) is 3. The van der Waals surface area contributed by atoms with Crippen LogP contribution in [0.2, 0.25) is 5.02 Å². The summed E-state index contributed by atoms with van der Waals surface area (Å²) >= 11 is 6.00. The molecule has 1 aliphatic rings. The van der Waals surface area contributed by atoms with Gasteiger partial charge < -0.3 is 19.5 Å². The lowest BCUT2D eigenvalue weighted by atomic mass is 9.80. The number of carbonyl (C=O) groups excluding carboxylic acids is 1. The van der Waals surface area contributed by atoms with Gasteiger partial charge in [-0.25, -0.2) is 9.59 Å². The Hall–Kier alpha value is -4.76. The van der Waals surface area contributed by atoms with Crippen molar-refractivity contribution in [1.82, 2.24) is 9.13 Å². The predicted octanol–water partition coefficient (Wildman–Crippen LogP) is 4.86. The maximum atomic E-state index is 13.7. The molecule has 216 valence electrons. The molecule has 1 atom stereocenters. The zero-order valence-electron chi connectivity index (χ0n) is 23.6.